The summed E-state index contributed by atoms with van der Waals surface area (Å²) in [7, 11) is 1.34. The van der Waals surface area contributed by atoms with Crippen molar-refractivity contribution in [3.8, 4) is 11.5 Å². The van der Waals surface area contributed by atoms with Gasteiger partial charge in [0.2, 0.25) is 0 Å². The van der Waals surface area contributed by atoms with Gasteiger partial charge in [-0.15, -0.1) is 11.3 Å². The number of methoxy groups -OCH3 is 1. The first-order valence-corrected chi connectivity index (χ1v) is 8.23. The quantitative estimate of drug-likeness (QED) is 0.495. The summed E-state index contributed by atoms with van der Waals surface area (Å²) in [6, 6.07) is 2.28. The van der Waals surface area contributed by atoms with Crippen LogP contribution in [0.1, 0.15) is 22.5 Å². The van der Waals surface area contributed by atoms with E-state index in [1.165, 1.54) is 24.5 Å². The third-order valence-corrected chi connectivity index (χ3v) is 3.84. The largest absolute Gasteiger partial charge is 0.493 e. The second-order valence-corrected chi connectivity index (χ2v) is 5.66. The molecule has 0 radical (unpaired) electrons. The van der Waals surface area contributed by atoms with Crippen LogP contribution in [-0.2, 0) is 11.4 Å². The first-order valence-electron chi connectivity index (χ1n) is 7.28. The van der Waals surface area contributed by atoms with Crippen molar-refractivity contribution in [3.63, 3.8) is 0 Å². The molecule has 0 saturated heterocycles. The molecule has 0 saturated carbocycles. The fourth-order valence-electron chi connectivity index (χ4n) is 1.99. The Balaban J connectivity index is 2.26. The Labute approximate surface area is 151 Å². The van der Waals surface area contributed by atoms with Crippen LogP contribution in [0.2, 0.25) is 0 Å². The number of carbonyl (C=O) groups is 2. The topological polar surface area (TPSA) is 141 Å². The Kier molecular flexibility index (Phi) is 6.44. The summed E-state index contributed by atoms with van der Waals surface area (Å²) in [6.07, 6.45) is -0.300. The monoisotopic (exact) mass is 381 g/mol. The number of carboxylic acid groups (broad SMARTS) is 1. The first kappa shape index (κ1) is 19.1. The van der Waals surface area contributed by atoms with Gasteiger partial charge in [0.25, 0.3) is 11.6 Å². The van der Waals surface area contributed by atoms with E-state index in [2.05, 4.69) is 10.3 Å². The molecule has 2 N–H and O–H groups in total. The standard InChI is InChI=1S/C15H15N3O7S/c1-24-12-4-10(15(21)16-3-2-14(19)20)11(18(22)23)5-13(12)25-6-9-7-26-8-17-9/h4-5,7-8H,2-3,6H2,1H3,(H,16,21)(H,19,20). The molecule has 0 bridgehead atoms. The number of carboxylic acids is 1. The SMILES string of the molecule is COc1cc(C(=O)NCCC(=O)O)c([N+](=O)[O-])cc1OCc1cscn1. The van der Waals surface area contributed by atoms with Crippen molar-refractivity contribution in [2.75, 3.05) is 13.7 Å². The molecule has 2 rings (SSSR count). The number of thiazole rings is 1. The van der Waals surface area contributed by atoms with Crippen LogP contribution in [-0.4, -0.2) is 40.5 Å². The molecule has 1 aromatic carbocycles. The molecular weight excluding hydrogens is 366 g/mol. The number of nitrogens with one attached hydrogen (secondary N) is 1. The second kappa shape index (κ2) is 8.76. The molecule has 1 heterocycles. The van der Waals surface area contributed by atoms with Gasteiger partial charge in [-0.1, -0.05) is 0 Å². The molecule has 11 heteroatoms. The maximum atomic E-state index is 12.2. The maximum absolute atomic E-state index is 12.2. The molecule has 0 aliphatic rings. The van der Waals surface area contributed by atoms with Gasteiger partial charge in [-0.25, -0.2) is 4.98 Å². The number of hydrogen-bond donors (Lipinski definition) is 2. The van der Waals surface area contributed by atoms with Crippen molar-refractivity contribution in [2.24, 2.45) is 0 Å². The molecule has 0 aliphatic heterocycles. The Bertz CT molecular complexity index is 808. The lowest BCUT2D eigenvalue weighted by Gasteiger charge is -2.12. The van der Waals surface area contributed by atoms with E-state index in [-0.39, 0.29) is 36.6 Å². The summed E-state index contributed by atoms with van der Waals surface area (Å²) in [6.45, 7) is -0.0725. The highest BCUT2D eigenvalue weighted by molar-refractivity contribution is 7.07. The van der Waals surface area contributed by atoms with Crippen molar-refractivity contribution in [3.05, 3.63) is 44.4 Å². The lowest BCUT2D eigenvalue weighted by atomic mass is 10.1. The number of benzene rings is 1. The minimum Gasteiger partial charge on any atom is -0.493 e. The van der Waals surface area contributed by atoms with Crippen LogP contribution in [0.3, 0.4) is 0 Å². The molecule has 10 nitrogen and oxygen atoms in total. The van der Waals surface area contributed by atoms with E-state index in [1.807, 2.05) is 0 Å². The van der Waals surface area contributed by atoms with Crippen LogP contribution in [0.25, 0.3) is 0 Å². The van der Waals surface area contributed by atoms with Crippen LogP contribution < -0.4 is 14.8 Å². The molecule has 0 unspecified atom stereocenters. The minimum absolute atomic E-state index is 0.0845. The average molecular weight is 381 g/mol. The van der Waals surface area contributed by atoms with Gasteiger partial charge in [-0.05, 0) is 0 Å². The Hall–Kier alpha value is -3.21. The zero-order valence-corrected chi connectivity index (χ0v) is 14.4. The summed E-state index contributed by atoms with van der Waals surface area (Å²) in [5.74, 6) is -1.64. The fraction of sp³-hybridized carbons (Fsp3) is 0.267. The zero-order chi connectivity index (χ0) is 19.1. The van der Waals surface area contributed by atoms with E-state index < -0.39 is 22.5 Å². The number of rotatable bonds is 9. The summed E-state index contributed by atoms with van der Waals surface area (Å²) in [5.41, 5.74) is 1.54. The third-order valence-electron chi connectivity index (χ3n) is 3.21. The van der Waals surface area contributed by atoms with Gasteiger partial charge in [0.1, 0.15) is 12.2 Å². The number of nitrogens with zero attached hydrogens (tertiary/aromatic N) is 2. The van der Waals surface area contributed by atoms with Gasteiger partial charge in [0.15, 0.2) is 11.5 Å². The lowest BCUT2D eigenvalue weighted by Crippen LogP contribution is -2.26. The summed E-state index contributed by atoms with van der Waals surface area (Å²) in [5, 5.41) is 24.0. The first-order chi connectivity index (χ1) is 12.4. The van der Waals surface area contributed by atoms with Crippen molar-refractivity contribution >= 4 is 28.9 Å². The predicted octanol–water partition coefficient (Wildman–Crippen LogP) is 1.84. The van der Waals surface area contributed by atoms with Gasteiger partial charge in [-0.3, -0.25) is 19.7 Å². The maximum Gasteiger partial charge on any atom is 0.305 e. The smallest absolute Gasteiger partial charge is 0.305 e. The molecule has 0 aliphatic carbocycles. The molecule has 1 aromatic heterocycles. The Morgan fingerprint density at radius 1 is 1.38 bits per heavy atom. The predicted molar refractivity (Wildman–Crippen MR) is 90.7 cm³/mol. The molecule has 0 fully saturated rings. The molecule has 26 heavy (non-hydrogen) atoms. The Morgan fingerprint density at radius 3 is 2.73 bits per heavy atom. The molecule has 0 spiro atoms. The van der Waals surface area contributed by atoms with Gasteiger partial charge in [-0.2, -0.15) is 0 Å². The summed E-state index contributed by atoms with van der Waals surface area (Å²) < 4.78 is 10.7. The van der Waals surface area contributed by atoms with E-state index in [9.17, 15) is 19.7 Å². The summed E-state index contributed by atoms with van der Waals surface area (Å²) >= 11 is 1.38. The Morgan fingerprint density at radius 2 is 2.15 bits per heavy atom. The second-order valence-electron chi connectivity index (χ2n) is 4.95. The molecule has 2 aromatic rings. The molecule has 1 amide bonds. The van der Waals surface area contributed by atoms with Crippen molar-refractivity contribution in [1.82, 2.24) is 10.3 Å². The van der Waals surface area contributed by atoms with Crippen LogP contribution in [0.4, 0.5) is 5.69 Å². The highest BCUT2D eigenvalue weighted by Gasteiger charge is 2.25. The van der Waals surface area contributed by atoms with E-state index in [0.29, 0.717) is 5.69 Å². The highest BCUT2D eigenvalue weighted by Crippen LogP contribution is 2.35. The number of hydrogen-bond acceptors (Lipinski definition) is 8. The number of nitro groups is 1. The number of aliphatic carboxylic acids is 1. The van der Waals surface area contributed by atoms with Gasteiger partial charge < -0.3 is 19.9 Å². The van der Waals surface area contributed by atoms with E-state index in [0.717, 1.165) is 6.07 Å². The summed E-state index contributed by atoms with van der Waals surface area (Å²) in [4.78, 5) is 37.3. The van der Waals surface area contributed by atoms with Crippen LogP contribution >= 0.6 is 11.3 Å². The average Bonchev–Trinajstić information content (AvgIpc) is 3.12. The van der Waals surface area contributed by atoms with Crippen LogP contribution in [0.5, 0.6) is 11.5 Å². The minimum atomic E-state index is -1.09. The van der Waals surface area contributed by atoms with Gasteiger partial charge in [0, 0.05) is 18.0 Å². The van der Waals surface area contributed by atoms with Crippen LogP contribution in [0.15, 0.2) is 23.0 Å². The molecule has 0 atom stereocenters. The van der Waals surface area contributed by atoms with Crippen LogP contribution in [0, 0.1) is 10.1 Å². The van der Waals surface area contributed by atoms with E-state index in [4.69, 9.17) is 14.6 Å². The van der Waals surface area contributed by atoms with Crippen molar-refractivity contribution in [2.45, 2.75) is 13.0 Å². The number of amides is 1. The van der Waals surface area contributed by atoms with Crippen molar-refractivity contribution in [1.29, 1.82) is 0 Å². The third kappa shape index (κ3) is 4.89. The number of aromatic nitrogens is 1. The normalized spacial score (nSPS) is 10.2. The number of ether oxygens (including phenoxy) is 2. The fourth-order valence-corrected chi connectivity index (χ4v) is 2.54. The zero-order valence-electron chi connectivity index (χ0n) is 13.6. The molecular formula is C15H15N3O7S. The van der Waals surface area contributed by atoms with E-state index in [1.54, 1.807) is 10.9 Å². The highest BCUT2D eigenvalue weighted by atomic mass is 32.1. The number of carbonyl (C=O) groups excluding carboxylic acids is 1. The van der Waals surface area contributed by atoms with Gasteiger partial charge >= 0.3 is 5.97 Å². The lowest BCUT2D eigenvalue weighted by molar-refractivity contribution is -0.385. The van der Waals surface area contributed by atoms with Gasteiger partial charge in [0.05, 0.1) is 35.7 Å². The number of nitro benzene ring substituents is 1. The van der Waals surface area contributed by atoms with Crippen molar-refractivity contribution < 1.29 is 29.1 Å². The molecule has 138 valence electrons. The van der Waals surface area contributed by atoms with E-state index >= 15 is 0 Å².